The highest BCUT2D eigenvalue weighted by atomic mass is 19.4. The second-order valence-corrected chi connectivity index (χ2v) is 5.92. The number of alkyl halides is 3. The molecule has 7 heteroatoms. The van der Waals surface area contributed by atoms with Crippen LogP contribution in [0.25, 0.3) is 0 Å². The quantitative estimate of drug-likeness (QED) is 0.786. The molecule has 1 amide bonds. The number of carbonyl (C=O) groups is 1. The highest BCUT2D eigenvalue weighted by Gasteiger charge is 2.43. The van der Waals surface area contributed by atoms with Crippen LogP contribution in [0.15, 0.2) is 0 Å². The van der Waals surface area contributed by atoms with Gasteiger partial charge in [0.2, 0.25) is 5.91 Å². The van der Waals surface area contributed by atoms with Crippen molar-refractivity contribution in [3.63, 3.8) is 0 Å². The van der Waals surface area contributed by atoms with Gasteiger partial charge >= 0.3 is 6.18 Å². The van der Waals surface area contributed by atoms with Crippen LogP contribution in [0.3, 0.4) is 0 Å². The lowest BCUT2D eigenvalue weighted by molar-refractivity contribution is -0.181. The zero-order valence-corrected chi connectivity index (χ0v) is 11.9. The molecular weight excluding hydrogens is 271 g/mol. The summed E-state index contributed by atoms with van der Waals surface area (Å²) < 4.78 is 37.8. The van der Waals surface area contributed by atoms with E-state index < -0.39 is 18.1 Å². The topological polar surface area (TPSA) is 35.6 Å². The molecule has 0 saturated carbocycles. The molecule has 3 unspecified atom stereocenters. The second-order valence-electron chi connectivity index (χ2n) is 5.92. The van der Waals surface area contributed by atoms with Gasteiger partial charge in [-0.15, -0.1) is 0 Å². The number of piperidine rings is 1. The zero-order valence-electron chi connectivity index (χ0n) is 11.9. The summed E-state index contributed by atoms with van der Waals surface area (Å²) in [5.41, 5.74) is 0. The minimum Gasteiger partial charge on any atom is -0.336 e. The van der Waals surface area contributed by atoms with Crippen molar-refractivity contribution in [2.75, 3.05) is 33.2 Å². The van der Waals surface area contributed by atoms with E-state index in [0.29, 0.717) is 6.54 Å². The van der Waals surface area contributed by atoms with Gasteiger partial charge in [-0.05, 0) is 26.8 Å². The summed E-state index contributed by atoms with van der Waals surface area (Å²) in [5.74, 6) is -1.37. The number of rotatable bonds is 1. The first-order valence-corrected chi connectivity index (χ1v) is 7.08. The molecule has 2 aliphatic heterocycles. The fourth-order valence-electron chi connectivity index (χ4n) is 3.01. The maximum Gasteiger partial charge on any atom is 0.393 e. The first-order chi connectivity index (χ1) is 9.29. The minimum atomic E-state index is -4.16. The number of hydrogen-bond donors (Lipinski definition) is 1. The lowest BCUT2D eigenvalue weighted by Crippen LogP contribution is -2.59. The van der Waals surface area contributed by atoms with Crippen LogP contribution in [0.2, 0.25) is 0 Å². The van der Waals surface area contributed by atoms with Gasteiger partial charge in [-0.3, -0.25) is 4.79 Å². The van der Waals surface area contributed by atoms with Crippen LogP contribution in [0, 0.1) is 5.92 Å². The van der Waals surface area contributed by atoms with Gasteiger partial charge in [-0.25, -0.2) is 0 Å². The van der Waals surface area contributed by atoms with E-state index in [9.17, 15) is 18.0 Å². The van der Waals surface area contributed by atoms with E-state index in [1.165, 1.54) is 0 Å². The van der Waals surface area contributed by atoms with E-state index in [4.69, 9.17) is 0 Å². The predicted octanol–water partition coefficient (Wildman–Crippen LogP) is 1.08. The Kier molecular flexibility index (Phi) is 4.59. The average molecular weight is 293 g/mol. The van der Waals surface area contributed by atoms with Crippen LogP contribution in [-0.2, 0) is 4.79 Å². The Morgan fingerprint density at radius 3 is 2.45 bits per heavy atom. The van der Waals surface area contributed by atoms with Gasteiger partial charge in [0.25, 0.3) is 0 Å². The summed E-state index contributed by atoms with van der Waals surface area (Å²) in [5, 5.41) is 2.78. The Balaban J connectivity index is 1.89. The normalized spacial score (nSPS) is 33.2. The molecule has 1 N–H and O–H groups in total. The van der Waals surface area contributed by atoms with Crippen molar-refractivity contribution >= 4 is 5.91 Å². The number of carbonyl (C=O) groups excluding carboxylic acids is 1. The maximum absolute atomic E-state index is 12.6. The third-order valence-corrected chi connectivity index (χ3v) is 4.29. The zero-order chi connectivity index (χ0) is 14.9. The number of amides is 1. The van der Waals surface area contributed by atoms with Gasteiger partial charge in [0.15, 0.2) is 0 Å². The highest BCUT2D eigenvalue weighted by Crippen LogP contribution is 2.32. The van der Waals surface area contributed by atoms with Crippen molar-refractivity contribution < 1.29 is 18.0 Å². The van der Waals surface area contributed by atoms with E-state index in [2.05, 4.69) is 10.2 Å². The molecule has 116 valence electrons. The first kappa shape index (κ1) is 15.6. The molecule has 2 heterocycles. The van der Waals surface area contributed by atoms with Gasteiger partial charge in [-0.1, -0.05) is 0 Å². The number of hydrogen-bond acceptors (Lipinski definition) is 3. The standard InChI is InChI=1S/C13H22F3N3O/c1-9-8-18(2)5-6-19(9)12(20)11-4-3-10(7-17-11)13(14,15)16/h9-11,17H,3-8H2,1-2H3. The predicted molar refractivity (Wildman–Crippen MR) is 69.2 cm³/mol. The van der Waals surface area contributed by atoms with Crippen molar-refractivity contribution in [2.45, 2.75) is 38.0 Å². The number of halogens is 3. The number of nitrogens with zero attached hydrogens (tertiary/aromatic N) is 2. The SMILES string of the molecule is CC1CN(C)CCN1C(=O)C1CCC(C(F)(F)F)CN1. The van der Waals surface area contributed by atoms with Crippen molar-refractivity contribution in [2.24, 2.45) is 5.92 Å². The molecule has 0 radical (unpaired) electrons. The molecular formula is C13H22F3N3O. The van der Waals surface area contributed by atoms with Crippen LogP contribution in [-0.4, -0.2) is 67.2 Å². The molecule has 2 saturated heterocycles. The van der Waals surface area contributed by atoms with Crippen LogP contribution >= 0.6 is 0 Å². The summed E-state index contributed by atoms with van der Waals surface area (Å²) >= 11 is 0. The van der Waals surface area contributed by atoms with E-state index in [1.807, 2.05) is 14.0 Å². The highest BCUT2D eigenvalue weighted by molar-refractivity contribution is 5.82. The molecule has 2 rings (SSSR count). The Hall–Kier alpha value is -0.820. The molecule has 0 aromatic heterocycles. The minimum absolute atomic E-state index is 0.0367. The smallest absolute Gasteiger partial charge is 0.336 e. The molecule has 0 spiro atoms. The number of nitrogens with one attached hydrogen (secondary N) is 1. The molecule has 0 aliphatic carbocycles. The lowest BCUT2D eigenvalue weighted by Gasteiger charge is -2.41. The number of piperazine rings is 1. The molecule has 0 aromatic rings. The fraction of sp³-hybridized carbons (Fsp3) is 0.923. The van der Waals surface area contributed by atoms with Gasteiger partial charge in [0.05, 0.1) is 12.0 Å². The summed E-state index contributed by atoms with van der Waals surface area (Å²) in [7, 11) is 2.01. The van der Waals surface area contributed by atoms with Crippen molar-refractivity contribution in [3.05, 3.63) is 0 Å². The Morgan fingerprint density at radius 1 is 1.25 bits per heavy atom. The Morgan fingerprint density at radius 2 is 1.95 bits per heavy atom. The van der Waals surface area contributed by atoms with E-state index in [1.54, 1.807) is 4.90 Å². The summed E-state index contributed by atoms with van der Waals surface area (Å²) in [4.78, 5) is 16.3. The lowest BCUT2D eigenvalue weighted by atomic mass is 9.93. The Labute approximate surface area is 117 Å². The molecule has 2 fully saturated rings. The maximum atomic E-state index is 12.6. The largest absolute Gasteiger partial charge is 0.393 e. The fourth-order valence-corrected chi connectivity index (χ4v) is 3.01. The van der Waals surface area contributed by atoms with Crippen molar-refractivity contribution in [1.29, 1.82) is 0 Å². The third-order valence-electron chi connectivity index (χ3n) is 4.29. The van der Waals surface area contributed by atoms with Gasteiger partial charge in [0, 0.05) is 32.2 Å². The van der Waals surface area contributed by atoms with Gasteiger partial charge < -0.3 is 15.1 Å². The summed E-state index contributed by atoms with van der Waals surface area (Å²) in [6.45, 7) is 4.10. The van der Waals surface area contributed by atoms with E-state index in [-0.39, 0.29) is 31.3 Å². The van der Waals surface area contributed by atoms with Crippen LogP contribution < -0.4 is 5.32 Å². The van der Waals surface area contributed by atoms with Crippen LogP contribution in [0.5, 0.6) is 0 Å². The molecule has 0 bridgehead atoms. The van der Waals surface area contributed by atoms with Gasteiger partial charge in [-0.2, -0.15) is 13.2 Å². The molecule has 3 atom stereocenters. The third kappa shape index (κ3) is 3.44. The molecule has 20 heavy (non-hydrogen) atoms. The second kappa shape index (κ2) is 5.89. The van der Waals surface area contributed by atoms with Crippen LogP contribution in [0.1, 0.15) is 19.8 Å². The summed E-state index contributed by atoms with van der Waals surface area (Å²) in [6.07, 6.45) is -3.86. The van der Waals surface area contributed by atoms with Crippen molar-refractivity contribution in [1.82, 2.24) is 15.1 Å². The Bertz CT molecular complexity index is 353. The average Bonchev–Trinajstić information content (AvgIpc) is 2.37. The summed E-state index contributed by atoms with van der Waals surface area (Å²) in [6, 6.07) is -0.345. The van der Waals surface area contributed by atoms with Gasteiger partial charge in [0.1, 0.15) is 0 Å². The number of likely N-dealkylation sites (N-methyl/N-ethyl adjacent to an activating group) is 1. The molecule has 4 nitrogen and oxygen atoms in total. The first-order valence-electron chi connectivity index (χ1n) is 7.08. The van der Waals surface area contributed by atoms with Crippen LogP contribution in [0.4, 0.5) is 13.2 Å². The molecule has 2 aliphatic rings. The van der Waals surface area contributed by atoms with E-state index >= 15 is 0 Å². The monoisotopic (exact) mass is 293 g/mol. The van der Waals surface area contributed by atoms with Crippen molar-refractivity contribution in [3.8, 4) is 0 Å². The molecule has 0 aromatic carbocycles. The van der Waals surface area contributed by atoms with E-state index in [0.717, 1.165) is 13.1 Å².